The van der Waals surface area contributed by atoms with Crippen LogP contribution in [0.25, 0.3) is 11.3 Å². The minimum atomic E-state index is -0.682. The number of fused-ring (bicyclic) bond motifs is 1. The largest absolute Gasteiger partial charge is 0.497 e. The zero-order valence-corrected chi connectivity index (χ0v) is 27.6. The number of nitrogens with zero attached hydrogens (tertiary/aromatic N) is 2. The van der Waals surface area contributed by atoms with Gasteiger partial charge in [0.25, 0.3) is 0 Å². The lowest BCUT2D eigenvalue weighted by Crippen LogP contribution is -2.58. The molecule has 2 saturated heterocycles. The number of amides is 3. The van der Waals surface area contributed by atoms with E-state index in [4.69, 9.17) is 9.47 Å². The van der Waals surface area contributed by atoms with Crippen molar-refractivity contribution in [3.05, 3.63) is 77.7 Å². The molecule has 0 bridgehead atoms. The minimum absolute atomic E-state index is 0.0656. The van der Waals surface area contributed by atoms with Gasteiger partial charge in [-0.05, 0) is 67.9 Å². The average molecular weight is 658 g/mol. The predicted molar refractivity (Wildman–Crippen MR) is 182 cm³/mol. The third-order valence-electron chi connectivity index (χ3n) is 9.60. The van der Waals surface area contributed by atoms with Crippen molar-refractivity contribution in [1.82, 2.24) is 20.5 Å². The highest BCUT2D eigenvalue weighted by Crippen LogP contribution is 2.36. The van der Waals surface area contributed by atoms with E-state index < -0.39 is 11.5 Å². The molecule has 0 saturated carbocycles. The molecule has 0 unspecified atom stereocenters. The summed E-state index contributed by atoms with van der Waals surface area (Å²) in [7, 11) is 1.63. The van der Waals surface area contributed by atoms with Gasteiger partial charge in [-0.3, -0.25) is 19.3 Å². The van der Waals surface area contributed by atoms with Gasteiger partial charge in [-0.25, -0.2) is 4.98 Å². The molecule has 3 atom stereocenters. The highest BCUT2D eigenvalue weighted by Gasteiger charge is 2.41. The van der Waals surface area contributed by atoms with E-state index in [9.17, 15) is 14.4 Å². The zero-order valence-electron chi connectivity index (χ0n) is 26.8. The van der Waals surface area contributed by atoms with E-state index in [1.807, 2.05) is 60.0 Å². The Morgan fingerprint density at radius 3 is 2.64 bits per heavy atom. The van der Waals surface area contributed by atoms with Crippen LogP contribution in [0.5, 0.6) is 5.75 Å². The Bertz CT molecular complexity index is 1550. The van der Waals surface area contributed by atoms with Gasteiger partial charge in [0.2, 0.25) is 17.7 Å². The standard InChI is InChI=1S/C36H43N5O5S/c1-45-28-12-10-26(11-13-28)31-24-47-35(39-31)40-32(42)23-41-18-14-29-27(22-41)9-5-6-15-36(16-19-46-20-17-36)34(44)38-30(33(43)37-29)21-25-7-3-2-4-8-25/h2-8,10-13,24,27,29-30H,9,14-23H2,1H3,(H,37,43)(H,38,44)(H,39,40,42)/t27-,29+,30+/m0/s1. The van der Waals surface area contributed by atoms with Crippen LogP contribution in [0.1, 0.15) is 37.7 Å². The number of ether oxygens (including phenoxy) is 2. The fraction of sp³-hybridized carbons (Fsp3) is 0.444. The summed E-state index contributed by atoms with van der Waals surface area (Å²) in [6.07, 6.45) is 8.02. The van der Waals surface area contributed by atoms with Crippen LogP contribution in [-0.2, 0) is 25.5 Å². The average Bonchev–Trinajstić information content (AvgIpc) is 3.56. The second kappa shape index (κ2) is 15.2. The number of nitrogens with one attached hydrogen (secondary N) is 3. The molecule has 4 heterocycles. The van der Waals surface area contributed by atoms with Gasteiger partial charge in [0.05, 0.1) is 24.8 Å². The number of aromatic nitrogens is 1. The summed E-state index contributed by atoms with van der Waals surface area (Å²) in [5.74, 6) is 0.553. The van der Waals surface area contributed by atoms with E-state index in [1.165, 1.54) is 11.3 Å². The van der Waals surface area contributed by atoms with Crippen LogP contribution in [0.3, 0.4) is 0 Å². The zero-order chi connectivity index (χ0) is 32.6. The van der Waals surface area contributed by atoms with Crippen LogP contribution in [-0.4, -0.2) is 79.6 Å². The van der Waals surface area contributed by atoms with Crippen LogP contribution < -0.4 is 20.7 Å². The molecule has 1 spiro atoms. The van der Waals surface area contributed by atoms with Crippen molar-refractivity contribution in [1.29, 1.82) is 0 Å². The summed E-state index contributed by atoms with van der Waals surface area (Å²) in [5, 5.41) is 11.9. The molecule has 3 amide bonds. The van der Waals surface area contributed by atoms with E-state index in [2.05, 4.69) is 38.0 Å². The van der Waals surface area contributed by atoms with Gasteiger partial charge in [-0.2, -0.15) is 0 Å². The lowest BCUT2D eigenvalue weighted by Gasteiger charge is -2.40. The molecule has 47 heavy (non-hydrogen) atoms. The Morgan fingerprint density at radius 1 is 1.09 bits per heavy atom. The molecule has 11 heteroatoms. The lowest BCUT2D eigenvalue weighted by atomic mass is 9.75. The van der Waals surface area contributed by atoms with Crippen LogP contribution in [0, 0.1) is 11.3 Å². The van der Waals surface area contributed by atoms with Gasteiger partial charge in [0.15, 0.2) is 5.13 Å². The van der Waals surface area contributed by atoms with Crippen molar-refractivity contribution in [3.8, 4) is 17.0 Å². The number of carbonyl (C=O) groups excluding carboxylic acids is 3. The van der Waals surface area contributed by atoms with Gasteiger partial charge in [-0.1, -0.05) is 42.5 Å². The molecule has 6 rings (SSSR count). The maximum absolute atomic E-state index is 13.8. The van der Waals surface area contributed by atoms with E-state index in [0.717, 1.165) is 29.0 Å². The Kier molecular flexibility index (Phi) is 10.6. The van der Waals surface area contributed by atoms with Gasteiger partial charge < -0.3 is 25.4 Å². The molecule has 1 aromatic heterocycles. The molecular formula is C36H43N5O5S. The maximum atomic E-state index is 13.8. The number of likely N-dealkylation sites (tertiary alicyclic amines) is 1. The van der Waals surface area contributed by atoms with Crippen molar-refractivity contribution in [2.75, 3.05) is 45.3 Å². The molecule has 3 aromatic rings. The molecule has 2 fully saturated rings. The van der Waals surface area contributed by atoms with Crippen molar-refractivity contribution >= 4 is 34.2 Å². The number of methoxy groups -OCH3 is 1. The van der Waals surface area contributed by atoms with Gasteiger partial charge in [-0.15, -0.1) is 11.3 Å². The van der Waals surface area contributed by atoms with Gasteiger partial charge >= 0.3 is 0 Å². The van der Waals surface area contributed by atoms with Crippen molar-refractivity contribution in [2.45, 2.75) is 50.6 Å². The first-order chi connectivity index (χ1) is 22.9. The van der Waals surface area contributed by atoms with Crippen LogP contribution in [0.15, 0.2) is 72.1 Å². The van der Waals surface area contributed by atoms with E-state index in [-0.39, 0.29) is 36.2 Å². The number of benzene rings is 2. The number of rotatable bonds is 7. The monoisotopic (exact) mass is 657 g/mol. The number of anilines is 1. The Balaban J connectivity index is 1.12. The first-order valence-corrected chi connectivity index (χ1v) is 17.3. The molecular weight excluding hydrogens is 614 g/mol. The normalized spacial score (nSPS) is 23.5. The molecule has 248 valence electrons. The molecule has 3 aliphatic rings. The summed E-state index contributed by atoms with van der Waals surface area (Å²) in [4.78, 5) is 47.5. The fourth-order valence-corrected chi connectivity index (χ4v) is 7.52. The Morgan fingerprint density at radius 2 is 1.87 bits per heavy atom. The van der Waals surface area contributed by atoms with Crippen LogP contribution >= 0.6 is 11.3 Å². The molecule has 10 nitrogen and oxygen atoms in total. The summed E-state index contributed by atoms with van der Waals surface area (Å²) < 4.78 is 10.9. The maximum Gasteiger partial charge on any atom is 0.243 e. The van der Waals surface area contributed by atoms with E-state index in [0.29, 0.717) is 63.5 Å². The number of allylic oxidation sites excluding steroid dienone is 2. The molecule has 0 radical (unpaired) electrons. The predicted octanol–water partition coefficient (Wildman–Crippen LogP) is 4.44. The van der Waals surface area contributed by atoms with Crippen molar-refractivity contribution in [3.63, 3.8) is 0 Å². The van der Waals surface area contributed by atoms with E-state index >= 15 is 0 Å². The fourth-order valence-electron chi connectivity index (χ4n) is 6.79. The minimum Gasteiger partial charge on any atom is -0.497 e. The quantitative estimate of drug-likeness (QED) is 0.322. The number of thiazole rings is 1. The summed E-state index contributed by atoms with van der Waals surface area (Å²) in [6, 6.07) is 16.7. The molecule has 0 aliphatic carbocycles. The molecule has 3 N–H and O–H groups in total. The topological polar surface area (TPSA) is 122 Å². The summed E-state index contributed by atoms with van der Waals surface area (Å²) in [5.41, 5.74) is 2.15. The van der Waals surface area contributed by atoms with Crippen LogP contribution in [0.4, 0.5) is 5.13 Å². The van der Waals surface area contributed by atoms with Crippen LogP contribution in [0.2, 0.25) is 0 Å². The SMILES string of the molecule is COc1ccc(-c2csc(NC(=O)CN3CC[C@H]4NC(=O)[C@@H](Cc5ccccc5)NC(=O)C5(CC=CC[C@H]4C3)CCOCC5)n2)cc1. The third-order valence-corrected chi connectivity index (χ3v) is 10.4. The van der Waals surface area contributed by atoms with Gasteiger partial charge in [0, 0.05) is 49.7 Å². The lowest BCUT2D eigenvalue weighted by molar-refractivity contribution is -0.140. The number of hydrogen-bond acceptors (Lipinski definition) is 8. The number of carbonyl (C=O) groups is 3. The van der Waals surface area contributed by atoms with E-state index in [1.54, 1.807) is 7.11 Å². The van der Waals surface area contributed by atoms with Gasteiger partial charge in [0.1, 0.15) is 11.8 Å². The number of piperidine rings is 1. The first-order valence-electron chi connectivity index (χ1n) is 16.4. The second-order valence-electron chi connectivity index (χ2n) is 12.7. The number of hydrogen-bond donors (Lipinski definition) is 3. The Hall–Kier alpha value is -4.06. The highest BCUT2D eigenvalue weighted by molar-refractivity contribution is 7.14. The molecule has 3 aliphatic heterocycles. The third kappa shape index (κ3) is 8.27. The second-order valence-corrected chi connectivity index (χ2v) is 13.6. The Labute approximate surface area is 279 Å². The summed E-state index contributed by atoms with van der Waals surface area (Å²) in [6.45, 7) is 2.65. The highest BCUT2D eigenvalue weighted by atomic mass is 32.1. The first kappa shape index (κ1) is 32.9. The van der Waals surface area contributed by atoms with Crippen molar-refractivity contribution < 1.29 is 23.9 Å². The molecule has 2 aromatic carbocycles. The smallest absolute Gasteiger partial charge is 0.243 e. The summed E-state index contributed by atoms with van der Waals surface area (Å²) >= 11 is 1.40. The van der Waals surface area contributed by atoms with Crippen molar-refractivity contribution in [2.24, 2.45) is 11.3 Å².